The Kier molecular flexibility index (Phi) is 8.99. The van der Waals surface area contributed by atoms with E-state index in [-0.39, 0.29) is 49.1 Å². The van der Waals surface area contributed by atoms with E-state index in [1.165, 1.54) is 11.1 Å². The Labute approximate surface area is 242 Å². The maximum absolute atomic E-state index is 15.0. The number of nitrogens with one attached hydrogen (secondary N) is 1. The number of aromatic nitrogens is 2. The van der Waals surface area contributed by atoms with Gasteiger partial charge in [0.1, 0.15) is 29.2 Å². The van der Waals surface area contributed by atoms with E-state index in [1.54, 1.807) is 6.20 Å². The van der Waals surface area contributed by atoms with Crippen LogP contribution in [0.4, 0.5) is 26.1 Å². The van der Waals surface area contributed by atoms with Crippen molar-refractivity contribution in [1.82, 2.24) is 9.97 Å². The number of nitrogens with zero attached hydrogens (tertiary/aromatic N) is 4. The third kappa shape index (κ3) is 6.69. The van der Waals surface area contributed by atoms with Crippen molar-refractivity contribution in [3.8, 4) is 11.5 Å². The third-order valence-corrected chi connectivity index (χ3v) is 7.45. The second-order valence-corrected chi connectivity index (χ2v) is 10.3. The van der Waals surface area contributed by atoms with Crippen LogP contribution < -0.4 is 24.6 Å². The molecule has 1 atom stereocenters. The lowest BCUT2D eigenvalue weighted by Crippen LogP contribution is -2.41. The summed E-state index contributed by atoms with van der Waals surface area (Å²) in [5.41, 5.74) is -0.469. The van der Waals surface area contributed by atoms with Gasteiger partial charge in [-0.15, -0.1) is 0 Å². The molecule has 2 aliphatic heterocycles. The quantitative estimate of drug-likeness (QED) is 0.369. The first-order valence-corrected chi connectivity index (χ1v) is 14.1. The minimum atomic E-state index is -0.911. The lowest BCUT2D eigenvalue weighted by Gasteiger charge is -2.33. The molecule has 10 nitrogen and oxygen atoms in total. The molecule has 0 bridgehead atoms. The number of carbonyl (C=O) groups is 2. The average Bonchev–Trinajstić information content (AvgIpc) is 2.98. The van der Waals surface area contributed by atoms with Gasteiger partial charge in [-0.05, 0) is 56.9 Å². The molecule has 3 heterocycles. The third-order valence-electron chi connectivity index (χ3n) is 7.45. The van der Waals surface area contributed by atoms with E-state index >= 15 is 0 Å². The van der Waals surface area contributed by atoms with Crippen LogP contribution in [0.1, 0.15) is 43.0 Å². The SMILES string of the molecule is CCOc1ccccc1OC1CCCN(c2cncc(NC(=O)c3cc(F)c(N4CCC(C(=O)O)CC4)c(F)c3)n2)C1. The molecule has 12 heteroatoms. The normalized spacial score (nSPS) is 17.5. The minimum absolute atomic E-state index is 0.111. The second-order valence-electron chi connectivity index (χ2n) is 10.3. The first kappa shape index (κ1) is 29.0. The molecule has 1 amide bonds. The summed E-state index contributed by atoms with van der Waals surface area (Å²) in [4.78, 5) is 36.3. The van der Waals surface area contributed by atoms with E-state index in [2.05, 4.69) is 15.3 Å². The molecule has 2 saturated heterocycles. The van der Waals surface area contributed by atoms with E-state index in [1.807, 2.05) is 36.1 Å². The first-order chi connectivity index (χ1) is 20.3. The number of hydrogen-bond acceptors (Lipinski definition) is 8. The van der Waals surface area contributed by atoms with Crippen LogP contribution in [0.2, 0.25) is 0 Å². The Balaban J connectivity index is 1.24. The highest BCUT2D eigenvalue weighted by molar-refractivity contribution is 6.04. The number of carboxylic acids is 1. The highest BCUT2D eigenvalue weighted by Crippen LogP contribution is 2.31. The summed E-state index contributed by atoms with van der Waals surface area (Å²) in [5, 5.41) is 11.8. The van der Waals surface area contributed by atoms with E-state index in [9.17, 15) is 23.5 Å². The molecule has 2 fully saturated rings. The zero-order valence-electron chi connectivity index (χ0n) is 23.3. The summed E-state index contributed by atoms with van der Waals surface area (Å²) in [6.07, 6.45) is 5.13. The fourth-order valence-corrected chi connectivity index (χ4v) is 5.35. The molecule has 0 saturated carbocycles. The van der Waals surface area contributed by atoms with Gasteiger partial charge < -0.3 is 29.7 Å². The molecule has 0 spiro atoms. The van der Waals surface area contributed by atoms with Gasteiger partial charge in [0.05, 0.1) is 31.5 Å². The largest absolute Gasteiger partial charge is 0.490 e. The summed E-state index contributed by atoms with van der Waals surface area (Å²) in [5.74, 6) is -1.92. The number of amides is 1. The first-order valence-electron chi connectivity index (χ1n) is 14.1. The van der Waals surface area contributed by atoms with Crippen molar-refractivity contribution in [3.63, 3.8) is 0 Å². The Hall–Kier alpha value is -4.48. The number of anilines is 3. The zero-order valence-corrected chi connectivity index (χ0v) is 23.3. The zero-order chi connectivity index (χ0) is 29.6. The number of carbonyl (C=O) groups excluding carboxylic acids is 1. The number of benzene rings is 2. The molecule has 222 valence electrons. The van der Waals surface area contributed by atoms with Crippen LogP contribution >= 0.6 is 0 Å². The Morgan fingerprint density at radius 2 is 1.74 bits per heavy atom. The van der Waals surface area contributed by atoms with Crippen molar-refractivity contribution in [1.29, 1.82) is 0 Å². The smallest absolute Gasteiger partial charge is 0.306 e. The lowest BCUT2D eigenvalue weighted by atomic mass is 9.96. The van der Waals surface area contributed by atoms with Crippen LogP contribution in [0.3, 0.4) is 0 Å². The van der Waals surface area contributed by atoms with Gasteiger partial charge in [-0.1, -0.05) is 12.1 Å². The number of para-hydroxylation sites is 2. The van der Waals surface area contributed by atoms with Gasteiger partial charge in [0.2, 0.25) is 0 Å². The molecule has 5 rings (SSSR count). The van der Waals surface area contributed by atoms with Gasteiger partial charge in [0, 0.05) is 25.2 Å². The second kappa shape index (κ2) is 13.0. The molecule has 0 aliphatic carbocycles. The maximum Gasteiger partial charge on any atom is 0.306 e. The van der Waals surface area contributed by atoms with Gasteiger partial charge in [0.25, 0.3) is 5.91 Å². The number of piperidine rings is 2. The molecule has 1 aromatic heterocycles. The predicted octanol–water partition coefficient (Wildman–Crippen LogP) is 4.75. The monoisotopic (exact) mass is 581 g/mol. The number of ether oxygens (including phenoxy) is 2. The van der Waals surface area contributed by atoms with Crippen LogP contribution in [0.15, 0.2) is 48.8 Å². The maximum atomic E-state index is 15.0. The van der Waals surface area contributed by atoms with Crippen molar-refractivity contribution >= 4 is 29.2 Å². The summed E-state index contributed by atoms with van der Waals surface area (Å²) >= 11 is 0. The summed E-state index contributed by atoms with van der Waals surface area (Å²) in [6.45, 7) is 4.14. The number of hydrogen-bond donors (Lipinski definition) is 2. The molecule has 0 radical (unpaired) electrons. The topological polar surface area (TPSA) is 117 Å². The Morgan fingerprint density at radius 1 is 1.02 bits per heavy atom. The van der Waals surface area contributed by atoms with Gasteiger partial charge in [-0.3, -0.25) is 14.6 Å². The van der Waals surface area contributed by atoms with Gasteiger partial charge in [0.15, 0.2) is 17.3 Å². The molecule has 2 aliphatic rings. The van der Waals surface area contributed by atoms with E-state index in [0.717, 1.165) is 31.5 Å². The van der Waals surface area contributed by atoms with E-state index in [0.29, 0.717) is 30.5 Å². The molecular formula is C30H33F2N5O5. The van der Waals surface area contributed by atoms with Gasteiger partial charge in [-0.2, -0.15) is 0 Å². The molecule has 42 heavy (non-hydrogen) atoms. The van der Waals surface area contributed by atoms with E-state index in [4.69, 9.17) is 9.47 Å². The molecule has 2 aromatic carbocycles. The number of rotatable bonds is 9. The Morgan fingerprint density at radius 3 is 2.43 bits per heavy atom. The Bertz CT molecular complexity index is 1410. The summed E-state index contributed by atoms with van der Waals surface area (Å²) < 4.78 is 41.9. The van der Waals surface area contributed by atoms with Crippen molar-refractivity contribution in [2.75, 3.05) is 47.9 Å². The number of carboxylic acid groups (broad SMARTS) is 1. The van der Waals surface area contributed by atoms with Gasteiger partial charge in [-0.25, -0.2) is 13.8 Å². The standard InChI is InChI=1S/C30H33F2N5O5/c1-2-41-24-7-3-4-8-25(24)42-21-6-5-11-37(18-21)27-17-33-16-26(34-27)35-29(38)20-14-22(31)28(23(32)15-20)36-12-9-19(10-13-36)30(39)40/h3-4,7-8,14-17,19,21H,2,5-6,9-13,18H2,1H3,(H,39,40)(H,34,35,38). The van der Waals surface area contributed by atoms with Crippen LogP contribution in [0, 0.1) is 17.6 Å². The van der Waals surface area contributed by atoms with Crippen molar-refractivity contribution in [2.24, 2.45) is 5.92 Å². The summed E-state index contributed by atoms with van der Waals surface area (Å²) in [6, 6.07) is 9.48. The average molecular weight is 582 g/mol. The van der Waals surface area contributed by atoms with Crippen molar-refractivity contribution < 1.29 is 33.0 Å². The summed E-state index contributed by atoms with van der Waals surface area (Å²) in [7, 11) is 0. The highest BCUT2D eigenvalue weighted by Gasteiger charge is 2.29. The van der Waals surface area contributed by atoms with Crippen LogP contribution in [0.5, 0.6) is 11.5 Å². The van der Waals surface area contributed by atoms with E-state index < -0.39 is 29.4 Å². The van der Waals surface area contributed by atoms with Crippen molar-refractivity contribution in [2.45, 2.75) is 38.7 Å². The fourth-order valence-electron chi connectivity index (χ4n) is 5.35. The van der Waals surface area contributed by atoms with Gasteiger partial charge >= 0.3 is 5.97 Å². The highest BCUT2D eigenvalue weighted by atomic mass is 19.1. The van der Waals surface area contributed by atoms with Crippen LogP contribution in [-0.2, 0) is 4.79 Å². The minimum Gasteiger partial charge on any atom is -0.490 e. The fraction of sp³-hybridized carbons (Fsp3) is 0.400. The number of halogens is 2. The van der Waals surface area contributed by atoms with Crippen LogP contribution in [0.25, 0.3) is 0 Å². The molecule has 1 unspecified atom stereocenters. The number of aliphatic carboxylic acids is 1. The predicted molar refractivity (Wildman–Crippen MR) is 152 cm³/mol. The van der Waals surface area contributed by atoms with Crippen LogP contribution in [-0.4, -0.2) is 65.8 Å². The lowest BCUT2D eigenvalue weighted by molar-refractivity contribution is -0.142. The van der Waals surface area contributed by atoms with Crippen molar-refractivity contribution in [3.05, 3.63) is 66.0 Å². The molecular weight excluding hydrogens is 548 g/mol. The molecule has 3 aromatic rings. The molecule has 2 N–H and O–H groups in total.